The van der Waals surface area contributed by atoms with E-state index < -0.39 is 0 Å². The molecule has 1 aromatic rings. The number of nitrogens with two attached hydrogens (primary N) is 1. The first-order valence-electron chi connectivity index (χ1n) is 6.84. The van der Waals surface area contributed by atoms with Crippen LogP contribution in [0.3, 0.4) is 0 Å². The molecule has 1 aliphatic rings. The molecule has 3 nitrogen and oxygen atoms in total. The fourth-order valence-corrected chi connectivity index (χ4v) is 3.27. The number of furan rings is 1. The molecule has 0 bridgehead atoms. The van der Waals surface area contributed by atoms with Crippen LogP contribution in [0.4, 0.5) is 0 Å². The van der Waals surface area contributed by atoms with Crippen LogP contribution in [0.5, 0.6) is 0 Å². The summed E-state index contributed by atoms with van der Waals surface area (Å²) in [6.07, 6.45) is 3.62. The summed E-state index contributed by atoms with van der Waals surface area (Å²) in [5, 5.41) is 0. The second-order valence-electron chi connectivity index (χ2n) is 6.64. The predicted octanol–water partition coefficient (Wildman–Crippen LogP) is 2.93. The van der Waals surface area contributed by atoms with E-state index in [1.165, 1.54) is 19.3 Å². The molecule has 3 heteroatoms. The SMILES string of the molecule is Cc1ccc(CN(C)C2(CN)CCC(C)(C)C2)o1. The average molecular weight is 250 g/mol. The highest BCUT2D eigenvalue weighted by Gasteiger charge is 2.44. The third-order valence-electron chi connectivity index (χ3n) is 4.45. The summed E-state index contributed by atoms with van der Waals surface area (Å²) in [4.78, 5) is 2.39. The van der Waals surface area contributed by atoms with Crippen molar-refractivity contribution in [3.8, 4) is 0 Å². The maximum Gasteiger partial charge on any atom is 0.118 e. The molecule has 1 aromatic heterocycles. The van der Waals surface area contributed by atoms with Crippen LogP contribution in [0.15, 0.2) is 16.5 Å². The summed E-state index contributed by atoms with van der Waals surface area (Å²) < 4.78 is 5.67. The van der Waals surface area contributed by atoms with Gasteiger partial charge in [0, 0.05) is 12.1 Å². The van der Waals surface area contributed by atoms with Gasteiger partial charge in [-0.2, -0.15) is 0 Å². The lowest BCUT2D eigenvalue weighted by Gasteiger charge is -2.38. The van der Waals surface area contributed by atoms with Crippen molar-refractivity contribution < 1.29 is 4.42 Å². The minimum atomic E-state index is 0.143. The second kappa shape index (κ2) is 4.71. The zero-order chi connectivity index (χ0) is 13.4. The van der Waals surface area contributed by atoms with Gasteiger partial charge in [-0.15, -0.1) is 0 Å². The van der Waals surface area contributed by atoms with E-state index >= 15 is 0 Å². The highest BCUT2D eigenvalue weighted by molar-refractivity contribution is 5.08. The first-order chi connectivity index (χ1) is 8.37. The normalized spacial score (nSPS) is 27.0. The molecule has 0 spiro atoms. The molecule has 102 valence electrons. The summed E-state index contributed by atoms with van der Waals surface area (Å²) in [5.74, 6) is 2.01. The van der Waals surface area contributed by atoms with E-state index in [4.69, 9.17) is 10.2 Å². The molecule has 1 saturated carbocycles. The Kier molecular flexibility index (Phi) is 3.56. The van der Waals surface area contributed by atoms with E-state index in [2.05, 4.69) is 31.9 Å². The van der Waals surface area contributed by atoms with E-state index in [1.807, 2.05) is 13.0 Å². The average Bonchev–Trinajstić information content (AvgIpc) is 2.83. The standard InChI is InChI=1S/C15H26N2O/c1-12-5-6-13(18-12)9-17(4)15(11-16)8-7-14(2,3)10-15/h5-6H,7-11,16H2,1-4H3. The topological polar surface area (TPSA) is 42.4 Å². The lowest BCUT2D eigenvalue weighted by Crippen LogP contribution is -2.50. The van der Waals surface area contributed by atoms with Crippen molar-refractivity contribution in [3.63, 3.8) is 0 Å². The highest BCUT2D eigenvalue weighted by Crippen LogP contribution is 2.46. The van der Waals surface area contributed by atoms with Gasteiger partial charge in [0.2, 0.25) is 0 Å². The Morgan fingerprint density at radius 1 is 1.33 bits per heavy atom. The number of nitrogens with zero attached hydrogens (tertiary/aromatic N) is 1. The van der Waals surface area contributed by atoms with Crippen molar-refractivity contribution in [2.45, 2.75) is 52.1 Å². The van der Waals surface area contributed by atoms with Crippen LogP contribution in [0.25, 0.3) is 0 Å². The van der Waals surface area contributed by atoms with Crippen LogP contribution in [-0.4, -0.2) is 24.0 Å². The molecule has 18 heavy (non-hydrogen) atoms. The number of likely N-dealkylation sites (N-methyl/N-ethyl adjacent to an activating group) is 1. The number of hydrogen-bond donors (Lipinski definition) is 1. The van der Waals surface area contributed by atoms with Crippen LogP contribution in [0.2, 0.25) is 0 Å². The Morgan fingerprint density at radius 2 is 2.06 bits per heavy atom. The van der Waals surface area contributed by atoms with Crippen LogP contribution in [-0.2, 0) is 6.54 Å². The molecule has 0 radical (unpaired) electrons. The van der Waals surface area contributed by atoms with E-state index in [1.54, 1.807) is 0 Å². The van der Waals surface area contributed by atoms with E-state index in [9.17, 15) is 0 Å². The first kappa shape index (κ1) is 13.6. The van der Waals surface area contributed by atoms with Crippen LogP contribution < -0.4 is 5.73 Å². The Balaban J connectivity index is 2.09. The lowest BCUT2D eigenvalue weighted by molar-refractivity contribution is 0.103. The van der Waals surface area contributed by atoms with E-state index in [-0.39, 0.29) is 5.54 Å². The van der Waals surface area contributed by atoms with Gasteiger partial charge >= 0.3 is 0 Å². The lowest BCUT2D eigenvalue weighted by atomic mass is 9.87. The van der Waals surface area contributed by atoms with Crippen molar-refractivity contribution in [3.05, 3.63) is 23.7 Å². The molecular weight excluding hydrogens is 224 g/mol. The Labute approximate surface area is 110 Å². The molecule has 1 unspecified atom stereocenters. The third-order valence-corrected chi connectivity index (χ3v) is 4.45. The minimum absolute atomic E-state index is 0.143. The molecule has 2 N–H and O–H groups in total. The van der Waals surface area contributed by atoms with Gasteiger partial charge in [-0.05, 0) is 50.8 Å². The molecule has 2 rings (SSSR count). The fourth-order valence-electron chi connectivity index (χ4n) is 3.27. The maximum atomic E-state index is 6.08. The van der Waals surface area contributed by atoms with Crippen molar-refractivity contribution >= 4 is 0 Å². The molecule has 1 heterocycles. The zero-order valence-corrected chi connectivity index (χ0v) is 12.1. The third kappa shape index (κ3) is 2.62. The Bertz CT molecular complexity index is 410. The Morgan fingerprint density at radius 3 is 2.50 bits per heavy atom. The van der Waals surface area contributed by atoms with Gasteiger partial charge in [0.25, 0.3) is 0 Å². The first-order valence-corrected chi connectivity index (χ1v) is 6.84. The smallest absolute Gasteiger partial charge is 0.118 e. The minimum Gasteiger partial charge on any atom is -0.465 e. The molecule has 0 aliphatic heterocycles. The summed E-state index contributed by atoms with van der Waals surface area (Å²) in [5.41, 5.74) is 6.63. The summed E-state index contributed by atoms with van der Waals surface area (Å²) in [6.45, 7) is 8.25. The van der Waals surface area contributed by atoms with Gasteiger partial charge in [0.05, 0.1) is 6.54 Å². The fraction of sp³-hybridized carbons (Fsp3) is 0.733. The maximum absolute atomic E-state index is 6.08. The van der Waals surface area contributed by atoms with E-state index in [0.29, 0.717) is 5.41 Å². The van der Waals surface area contributed by atoms with Crippen LogP contribution in [0.1, 0.15) is 44.6 Å². The molecule has 1 fully saturated rings. The van der Waals surface area contributed by atoms with Crippen LogP contribution in [0, 0.1) is 12.3 Å². The van der Waals surface area contributed by atoms with Gasteiger partial charge in [0.15, 0.2) is 0 Å². The van der Waals surface area contributed by atoms with Gasteiger partial charge in [-0.3, -0.25) is 4.90 Å². The molecular formula is C15H26N2O. The van der Waals surface area contributed by atoms with Gasteiger partial charge < -0.3 is 10.2 Å². The molecule has 0 saturated heterocycles. The number of hydrogen-bond acceptors (Lipinski definition) is 3. The quantitative estimate of drug-likeness (QED) is 0.893. The van der Waals surface area contributed by atoms with Crippen molar-refractivity contribution in [1.29, 1.82) is 0 Å². The highest BCUT2D eigenvalue weighted by atomic mass is 16.3. The van der Waals surface area contributed by atoms with Crippen LogP contribution >= 0.6 is 0 Å². The molecule has 0 amide bonds. The van der Waals surface area contributed by atoms with Crippen molar-refractivity contribution in [2.24, 2.45) is 11.1 Å². The summed E-state index contributed by atoms with van der Waals surface area (Å²) >= 11 is 0. The number of aryl methyl sites for hydroxylation is 1. The molecule has 1 atom stereocenters. The summed E-state index contributed by atoms with van der Waals surface area (Å²) in [6, 6.07) is 4.09. The molecule has 1 aliphatic carbocycles. The molecule has 0 aromatic carbocycles. The van der Waals surface area contributed by atoms with E-state index in [0.717, 1.165) is 24.6 Å². The van der Waals surface area contributed by atoms with Gasteiger partial charge in [-0.1, -0.05) is 13.8 Å². The van der Waals surface area contributed by atoms with Crippen molar-refractivity contribution in [2.75, 3.05) is 13.6 Å². The summed E-state index contributed by atoms with van der Waals surface area (Å²) in [7, 11) is 2.17. The Hall–Kier alpha value is -0.800. The predicted molar refractivity (Wildman–Crippen MR) is 74.3 cm³/mol. The van der Waals surface area contributed by atoms with Gasteiger partial charge in [0.1, 0.15) is 11.5 Å². The zero-order valence-electron chi connectivity index (χ0n) is 12.1. The van der Waals surface area contributed by atoms with Gasteiger partial charge in [-0.25, -0.2) is 0 Å². The second-order valence-corrected chi connectivity index (χ2v) is 6.64. The largest absolute Gasteiger partial charge is 0.465 e. The van der Waals surface area contributed by atoms with Crippen molar-refractivity contribution in [1.82, 2.24) is 4.90 Å². The monoisotopic (exact) mass is 250 g/mol. The number of rotatable bonds is 4.